The molecule has 0 radical (unpaired) electrons. The molecule has 1 amide bonds. The van der Waals surface area contributed by atoms with E-state index in [0.717, 1.165) is 30.8 Å². The van der Waals surface area contributed by atoms with Gasteiger partial charge in [0.1, 0.15) is 0 Å². The van der Waals surface area contributed by atoms with E-state index in [9.17, 15) is 18.0 Å². The summed E-state index contributed by atoms with van der Waals surface area (Å²) in [4.78, 5) is 14.7. The number of likely N-dealkylation sites (tertiary alicyclic amines) is 1. The Bertz CT molecular complexity index is 379. The zero-order valence-corrected chi connectivity index (χ0v) is 14.9. The van der Waals surface area contributed by atoms with E-state index in [1.807, 2.05) is 0 Å². The van der Waals surface area contributed by atoms with Crippen molar-refractivity contribution in [2.75, 3.05) is 20.1 Å². The van der Waals surface area contributed by atoms with Gasteiger partial charge < -0.3 is 4.90 Å². The number of alkyl halides is 3. The topological polar surface area (TPSA) is 23.6 Å². The Balaban J connectivity index is 2.58. The quantitative estimate of drug-likeness (QED) is 0.650. The molecular formula is C17H31F3N2O. The minimum atomic E-state index is -4.77. The molecule has 1 heterocycles. The number of amides is 1. The summed E-state index contributed by atoms with van der Waals surface area (Å²) >= 11 is 0. The molecule has 1 fully saturated rings. The van der Waals surface area contributed by atoms with Crippen molar-refractivity contribution in [1.29, 1.82) is 0 Å². The number of hydrogen-bond acceptors (Lipinski definition) is 2. The summed E-state index contributed by atoms with van der Waals surface area (Å²) in [5.74, 6) is -1.72. The summed E-state index contributed by atoms with van der Waals surface area (Å²) in [6.07, 6.45) is 2.21. The molecule has 1 saturated heterocycles. The van der Waals surface area contributed by atoms with E-state index in [2.05, 4.69) is 25.7 Å². The van der Waals surface area contributed by atoms with Crippen LogP contribution in [0.25, 0.3) is 0 Å². The van der Waals surface area contributed by atoms with E-state index in [4.69, 9.17) is 0 Å². The van der Waals surface area contributed by atoms with Crippen LogP contribution in [0.4, 0.5) is 13.2 Å². The smallest absolute Gasteiger partial charge is 0.335 e. The van der Waals surface area contributed by atoms with Gasteiger partial charge in [-0.15, -0.1) is 0 Å². The normalized spacial score (nSPS) is 20.3. The Kier molecular flexibility index (Phi) is 7.36. The highest BCUT2D eigenvalue weighted by Gasteiger charge is 2.44. The first-order chi connectivity index (χ1) is 10.7. The third-order valence-electron chi connectivity index (χ3n) is 5.42. The zero-order valence-electron chi connectivity index (χ0n) is 14.9. The molecule has 136 valence electrons. The van der Waals surface area contributed by atoms with Gasteiger partial charge in [-0.25, -0.2) is 0 Å². The van der Waals surface area contributed by atoms with Gasteiger partial charge in [0.15, 0.2) is 0 Å². The standard InChI is InChI=1S/C17H31F3N2O/c1-5-7-8-11-16(3,6-2)22-12-9-14(10-13-22)21(4)15(23)17(18,19)20/h14H,5-13H2,1-4H3. The highest BCUT2D eigenvalue weighted by atomic mass is 19.4. The molecule has 0 bridgehead atoms. The van der Waals surface area contributed by atoms with E-state index in [-0.39, 0.29) is 11.6 Å². The van der Waals surface area contributed by atoms with Crippen LogP contribution >= 0.6 is 0 Å². The van der Waals surface area contributed by atoms with Crippen molar-refractivity contribution < 1.29 is 18.0 Å². The van der Waals surface area contributed by atoms with Gasteiger partial charge in [-0.2, -0.15) is 13.2 Å². The molecule has 1 unspecified atom stereocenters. The lowest BCUT2D eigenvalue weighted by atomic mass is 9.87. The molecule has 0 aliphatic carbocycles. The molecule has 0 aromatic carbocycles. The van der Waals surface area contributed by atoms with Crippen LogP contribution in [-0.2, 0) is 4.79 Å². The predicted molar refractivity (Wildman–Crippen MR) is 86.3 cm³/mol. The summed E-state index contributed by atoms with van der Waals surface area (Å²) in [6, 6.07) is -0.308. The van der Waals surface area contributed by atoms with Crippen LogP contribution in [0.5, 0.6) is 0 Å². The summed E-state index contributed by atoms with van der Waals surface area (Å²) in [5.41, 5.74) is 0.118. The number of rotatable bonds is 7. The van der Waals surface area contributed by atoms with Crippen LogP contribution < -0.4 is 0 Å². The lowest BCUT2D eigenvalue weighted by Gasteiger charge is -2.46. The van der Waals surface area contributed by atoms with Crippen LogP contribution in [0.1, 0.15) is 65.7 Å². The molecule has 23 heavy (non-hydrogen) atoms. The Hall–Kier alpha value is -0.780. The van der Waals surface area contributed by atoms with E-state index >= 15 is 0 Å². The van der Waals surface area contributed by atoms with E-state index in [1.54, 1.807) is 0 Å². The van der Waals surface area contributed by atoms with Gasteiger partial charge in [0, 0.05) is 31.7 Å². The van der Waals surface area contributed by atoms with Crippen molar-refractivity contribution >= 4 is 5.91 Å². The van der Waals surface area contributed by atoms with Gasteiger partial charge in [0.05, 0.1) is 0 Å². The summed E-state index contributed by atoms with van der Waals surface area (Å²) in [5, 5.41) is 0. The fraction of sp³-hybridized carbons (Fsp3) is 0.941. The number of nitrogens with zero attached hydrogens (tertiary/aromatic N) is 2. The van der Waals surface area contributed by atoms with Gasteiger partial charge in [0.25, 0.3) is 0 Å². The molecule has 1 atom stereocenters. The summed E-state index contributed by atoms with van der Waals surface area (Å²) in [7, 11) is 1.27. The van der Waals surface area contributed by atoms with Crippen molar-refractivity contribution in [3.8, 4) is 0 Å². The first-order valence-corrected chi connectivity index (χ1v) is 8.74. The summed E-state index contributed by atoms with van der Waals surface area (Å²) < 4.78 is 37.6. The van der Waals surface area contributed by atoms with Crippen LogP contribution in [0.15, 0.2) is 0 Å². The minimum Gasteiger partial charge on any atom is -0.335 e. The maximum Gasteiger partial charge on any atom is 0.471 e. The highest BCUT2D eigenvalue weighted by molar-refractivity contribution is 5.81. The average Bonchev–Trinajstić information content (AvgIpc) is 2.52. The van der Waals surface area contributed by atoms with Gasteiger partial charge in [0.2, 0.25) is 0 Å². The van der Waals surface area contributed by atoms with Gasteiger partial charge >= 0.3 is 12.1 Å². The van der Waals surface area contributed by atoms with Crippen LogP contribution in [0.3, 0.4) is 0 Å². The Morgan fingerprint density at radius 2 is 1.74 bits per heavy atom. The minimum absolute atomic E-state index is 0.118. The zero-order chi connectivity index (χ0) is 17.7. The molecule has 1 aliphatic heterocycles. The van der Waals surface area contributed by atoms with Crippen LogP contribution in [-0.4, -0.2) is 53.6 Å². The fourth-order valence-electron chi connectivity index (χ4n) is 3.47. The lowest BCUT2D eigenvalue weighted by molar-refractivity contribution is -0.187. The second kappa shape index (κ2) is 8.36. The third kappa shape index (κ3) is 5.37. The molecular weight excluding hydrogens is 305 g/mol. The average molecular weight is 336 g/mol. The number of hydrogen-bond donors (Lipinski definition) is 0. The van der Waals surface area contributed by atoms with Gasteiger partial charge in [-0.1, -0.05) is 33.1 Å². The first kappa shape index (κ1) is 20.3. The molecule has 0 aromatic heterocycles. The maximum absolute atomic E-state index is 12.5. The SMILES string of the molecule is CCCCCC(C)(CC)N1CCC(N(C)C(=O)C(F)(F)F)CC1. The Labute approximate surface area is 138 Å². The largest absolute Gasteiger partial charge is 0.471 e. The monoisotopic (exact) mass is 336 g/mol. The number of carbonyl (C=O) groups is 1. The Morgan fingerprint density at radius 3 is 2.17 bits per heavy atom. The van der Waals surface area contributed by atoms with E-state index in [0.29, 0.717) is 12.8 Å². The third-order valence-corrected chi connectivity index (χ3v) is 5.42. The molecule has 6 heteroatoms. The van der Waals surface area contributed by atoms with Crippen molar-refractivity contribution in [3.05, 3.63) is 0 Å². The molecule has 0 aromatic rings. The second-order valence-corrected chi connectivity index (χ2v) is 6.94. The predicted octanol–water partition coefficient (Wildman–Crippen LogP) is 4.22. The van der Waals surface area contributed by atoms with E-state index < -0.39 is 12.1 Å². The van der Waals surface area contributed by atoms with E-state index in [1.165, 1.54) is 26.3 Å². The summed E-state index contributed by atoms with van der Waals surface area (Å²) in [6.45, 7) is 8.14. The van der Waals surface area contributed by atoms with Crippen LogP contribution in [0, 0.1) is 0 Å². The Morgan fingerprint density at radius 1 is 1.17 bits per heavy atom. The van der Waals surface area contributed by atoms with Crippen molar-refractivity contribution in [1.82, 2.24) is 9.80 Å². The molecule has 1 aliphatic rings. The fourth-order valence-corrected chi connectivity index (χ4v) is 3.47. The number of halogens is 3. The number of carbonyl (C=O) groups excluding carboxylic acids is 1. The number of unbranched alkanes of at least 4 members (excludes halogenated alkanes) is 2. The molecule has 0 N–H and O–H groups in total. The second-order valence-electron chi connectivity index (χ2n) is 6.94. The number of piperidine rings is 1. The van der Waals surface area contributed by atoms with Gasteiger partial charge in [-0.05, 0) is 32.6 Å². The van der Waals surface area contributed by atoms with Crippen molar-refractivity contribution in [3.63, 3.8) is 0 Å². The van der Waals surface area contributed by atoms with Gasteiger partial charge in [-0.3, -0.25) is 9.69 Å². The first-order valence-electron chi connectivity index (χ1n) is 8.74. The maximum atomic E-state index is 12.5. The molecule has 0 spiro atoms. The molecule has 0 saturated carbocycles. The van der Waals surface area contributed by atoms with Crippen molar-refractivity contribution in [2.45, 2.75) is 83.5 Å². The molecule has 3 nitrogen and oxygen atoms in total. The highest BCUT2D eigenvalue weighted by Crippen LogP contribution is 2.31. The van der Waals surface area contributed by atoms with Crippen LogP contribution in [0.2, 0.25) is 0 Å². The van der Waals surface area contributed by atoms with Crippen molar-refractivity contribution in [2.24, 2.45) is 0 Å². The lowest BCUT2D eigenvalue weighted by Crippen LogP contribution is -2.54. The molecule has 1 rings (SSSR count).